The van der Waals surface area contributed by atoms with Crippen molar-refractivity contribution in [2.75, 3.05) is 0 Å². The molecule has 9 nitrogen and oxygen atoms in total. The van der Waals surface area contributed by atoms with Gasteiger partial charge in [0, 0.05) is 6.42 Å². The number of carboxylic acids is 3. The lowest BCUT2D eigenvalue weighted by atomic mass is 10.1. The monoisotopic (exact) mass is 327 g/mol. The van der Waals surface area contributed by atoms with Crippen LogP contribution in [0.4, 0.5) is 0 Å². The molecule has 0 saturated heterocycles. The van der Waals surface area contributed by atoms with Crippen molar-refractivity contribution in [3.8, 4) is 5.75 Å². The molecule has 0 fully saturated rings. The first-order valence-electron chi connectivity index (χ1n) is 6.37. The highest BCUT2D eigenvalue weighted by atomic mass is 16.4. The molecule has 126 valence electrons. The molecule has 0 aliphatic heterocycles. The van der Waals surface area contributed by atoms with Crippen LogP contribution in [-0.4, -0.2) is 50.2 Å². The second kappa shape index (κ2) is 9.90. The van der Waals surface area contributed by atoms with Crippen LogP contribution in [0, 0.1) is 0 Å². The molecule has 1 rings (SSSR count). The molecule has 0 aromatic heterocycles. The molecule has 9 heteroatoms. The summed E-state index contributed by atoms with van der Waals surface area (Å²) in [5.74, 6) is -4.68. The van der Waals surface area contributed by atoms with Crippen molar-refractivity contribution in [1.29, 1.82) is 0 Å². The van der Waals surface area contributed by atoms with Crippen molar-refractivity contribution in [1.82, 2.24) is 0 Å². The van der Waals surface area contributed by atoms with Gasteiger partial charge in [0.15, 0.2) is 0 Å². The number of phenols is 1. The molecule has 0 heterocycles. The minimum atomic E-state index is -1.58. The van der Waals surface area contributed by atoms with E-state index >= 15 is 0 Å². The van der Waals surface area contributed by atoms with Crippen molar-refractivity contribution < 1.29 is 39.6 Å². The minimum Gasteiger partial charge on any atom is -0.508 e. The molecule has 0 unspecified atom stereocenters. The Bertz CT molecular complexity index is 567. The van der Waals surface area contributed by atoms with Crippen molar-refractivity contribution in [2.24, 2.45) is 5.73 Å². The molecule has 0 radical (unpaired) electrons. The summed E-state index contributed by atoms with van der Waals surface area (Å²) in [6.45, 7) is 0. The van der Waals surface area contributed by atoms with Crippen molar-refractivity contribution in [3.63, 3.8) is 0 Å². The Morgan fingerprint density at radius 3 is 1.87 bits per heavy atom. The van der Waals surface area contributed by atoms with E-state index < -0.39 is 42.6 Å². The van der Waals surface area contributed by atoms with Gasteiger partial charge < -0.3 is 26.2 Å². The molecule has 1 aromatic rings. The average molecular weight is 327 g/mol. The average Bonchev–Trinajstić information content (AvgIpc) is 2.47. The number of aromatic hydroxyl groups is 1. The summed E-state index contributed by atoms with van der Waals surface area (Å²) in [6.07, 6.45) is -0.592. The number of phenolic OH excluding ortho intramolecular Hbond substituents is 1. The van der Waals surface area contributed by atoms with Gasteiger partial charge in [0.1, 0.15) is 11.8 Å². The van der Waals surface area contributed by atoms with Crippen LogP contribution in [0.25, 0.3) is 0 Å². The predicted molar refractivity (Wildman–Crippen MR) is 76.9 cm³/mol. The Balaban J connectivity index is 0.000000438. The summed E-state index contributed by atoms with van der Waals surface area (Å²) in [6, 6.07) is 5.42. The lowest BCUT2D eigenvalue weighted by Crippen LogP contribution is -2.32. The molecule has 6 N–H and O–H groups in total. The maximum absolute atomic E-state index is 10.4. The van der Waals surface area contributed by atoms with Crippen LogP contribution in [0.3, 0.4) is 0 Å². The van der Waals surface area contributed by atoms with Crippen LogP contribution in [0.15, 0.2) is 24.3 Å². The maximum atomic E-state index is 10.4. The topological polar surface area (TPSA) is 175 Å². The van der Waals surface area contributed by atoms with E-state index in [0.29, 0.717) is 0 Å². The normalized spacial score (nSPS) is 10.8. The molecule has 0 amide bonds. The van der Waals surface area contributed by atoms with Crippen molar-refractivity contribution in [2.45, 2.75) is 25.3 Å². The fourth-order valence-corrected chi connectivity index (χ4v) is 1.30. The van der Waals surface area contributed by atoms with Gasteiger partial charge in [-0.1, -0.05) is 12.1 Å². The number of carbonyl (C=O) groups excluding carboxylic acids is 1. The SMILES string of the molecule is N[C@@H](Cc1ccc(O)cc1)C(=O)O.O=C(O)CCC(=O)C(=O)O. The van der Waals surface area contributed by atoms with Crippen molar-refractivity contribution in [3.05, 3.63) is 29.8 Å². The molecular formula is C14H17NO8. The lowest BCUT2D eigenvalue weighted by Gasteiger charge is -2.05. The van der Waals surface area contributed by atoms with Gasteiger partial charge in [-0.2, -0.15) is 0 Å². The Morgan fingerprint density at radius 2 is 1.48 bits per heavy atom. The van der Waals surface area contributed by atoms with E-state index in [1.165, 1.54) is 12.1 Å². The fourth-order valence-electron chi connectivity index (χ4n) is 1.30. The third-order valence-electron chi connectivity index (χ3n) is 2.51. The number of Topliss-reactive ketones (excluding diaryl/α,β-unsaturated/α-hetero) is 1. The molecule has 1 aromatic carbocycles. The zero-order valence-electron chi connectivity index (χ0n) is 12.0. The summed E-state index contributed by atoms with van der Waals surface area (Å²) in [7, 11) is 0. The summed E-state index contributed by atoms with van der Waals surface area (Å²) >= 11 is 0. The Kier molecular flexibility index (Phi) is 8.63. The zero-order chi connectivity index (χ0) is 18.0. The van der Waals surface area contributed by atoms with Gasteiger partial charge in [-0.3, -0.25) is 14.4 Å². The van der Waals surface area contributed by atoms with Gasteiger partial charge in [-0.25, -0.2) is 4.79 Å². The van der Waals surface area contributed by atoms with Gasteiger partial charge in [-0.05, 0) is 24.1 Å². The molecule has 0 bridgehead atoms. The quantitative estimate of drug-likeness (QED) is 0.426. The summed E-state index contributed by atoms with van der Waals surface area (Å²) in [4.78, 5) is 40.1. The second-order valence-corrected chi connectivity index (χ2v) is 4.44. The first kappa shape index (κ1) is 20.1. The summed E-state index contributed by atoms with van der Waals surface area (Å²) in [5.41, 5.74) is 6.12. The first-order valence-corrected chi connectivity index (χ1v) is 6.37. The van der Waals surface area contributed by atoms with Gasteiger partial charge in [0.2, 0.25) is 5.78 Å². The van der Waals surface area contributed by atoms with Crippen LogP contribution in [-0.2, 0) is 25.6 Å². The van der Waals surface area contributed by atoms with Crippen LogP contribution in [0.5, 0.6) is 5.75 Å². The Labute approximate surface area is 131 Å². The van der Waals surface area contributed by atoms with E-state index in [-0.39, 0.29) is 12.2 Å². The molecule has 1 atom stereocenters. The minimum absolute atomic E-state index is 0.160. The Hall–Kier alpha value is -2.94. The summed E-state index contributed by atoms with van der Waals surface area (Å²) < 4.78 is 0. The highest BCUT2D eigenvalue weighted by Gasteiger charge is 2.12. The van der Waals surface area contributed by atoms with Crippen LogP contribution in [0.1, 0.15) is 18.4 Å². The number of benzene rings is 1. The number of nitrogens with two attached hydrogens (primary N) is 1. The van der Waals surface area contributed by atoms with E-state index in [1.807, 2.05) is 0 Å². The highest BCUT2D eigenvalue weighted by molar-refractivity contribution is 6.32. The van der Waals surface area contributed by atoms with E-state index in [0.717, 1.165) is 5.56 Å². The Morgan fingerprint density at radius 1 is 0.957 bits per heavy atom. The molecular weight excluding hydrogens is 310 g/mol. The number of carbonyl (C=O) groups is 4. The fraction of sp³-hybridized carbons (Fsp3) is 0.286. The van der Waals surface area contributed by atoms with Crippen LogP contribution in [0.2, 0.25) is 0 Å². The first-order chi connectivity index (χ1) is 10.6. The number of rotatable bonds is 7. The molecule has 23 heavy (non-hydrogen) atoms. The van der Waals surface area contributed by atoms with Crippen LogP contribution < -0.4 is 5.73 Å². The highest BCUT2D eigenvalue weighted by Crippen LogP contribution is 2.10. The number of aliphatic carboxylic acids is 3. The van der Waals surface area contributed by atoms with Crippen molar-refractivity contribution >= 4 is 23.7 Å². The largest absolute Gasteiger partial charge is 0.508 e. The number of carboxylic acid groups (broad SMARTS) is 3. The standard InChI is InChI=1S/C9H11NO3.C5H6O5/c10-8(9(12)13)5-6-1-3-7(11)4-2-6;6-3(5(9)10)1-2-4(7)8/h1-4,8,11H,5,10H2,(H,12,13);1-2H2,(H,7,8)(H,9,10)/t8-;/m0./s1. The zero-order valence-corrected chi connectivity index (χ0v) is 12.0. The predicted octanol–water partition coefficient (Wildman–Crippen LogP) is -0.149. The summed E-state index contributed by atoms with van der Waals surface area (Å²) in [5, 5.41) is 33.4. The maximum Gasteiger partial charge on any atom is 0.372 e. The molecule has 0 aliphatic carbocycles. The number of ketones is 1. The van der Waals surface area contributed by atoms with Gasteiger partial charge in [0.05, 0.1) is 6.42 Å². The van der Waals surface area contributed by atoms with E-state index in [1.54, 1.807) is 12.1 Å². The van der Waals surface area contributed by atoms with Gasteiger partial charge in [0.25, 0.3) is 0 Å². The van der Waals surface area contributed by atoms with E-state index in [9.17, 15) is 19.2 Å². The second-order valence-electron chi connectivity index (χ2n) is 4.44. The molecule has 0 aliphatic rings. The van der Waals surface area contributed by atoms with E-state index in [4.69, 9.17) is 26.2 Å². The van der Waals surface area contributed by atoms with Crippen LogP contribution >= 0.6 is 0 Å². The van der Waals surface area contributed by atoms with Gasteiger partial charge in [-0.15, -0.1) is 0 Å². The third kappa shape index (κ3) is 9.58. The van der Waals surface area contributed by atoms with E-state index in [2.05, 4.69) is 0 Å². The van der Waals surface area contributed by atoms with Gasteiger partial charge >= 0.3 is 17.9 Å². The number of hydrogen-bond donors (Lipinski definition) is 5. The number of hydrogen-bond acceptors (Lipinski definition) is 6. The lowest BCUT2D eigenvalue weighted by molar-refractivity contribution is -0.149. The molecule has 0 saturated carbocycles. The third-order valence-corrected chi connectivity index (χ3v) is 2.51. The smallest absolute Gasteiger partial charge is 0.372 e. The molecule has 0 spiro atoms.